The van der Waals surface area contributed by atoms with Crippen LogP contribution in [0.1, 0.15) is 35.1 Å². The van der Waals surface area contributed by atoms with E-state index in [1.807, 2.05) is 24.3 Å². The number of carbonyl (C=O) groups excluding carboxylic acids is 3. The first-order valence-corrected chi connectivity index (χ1v) is 12.1. The number of esters is 2. The van der Waals surface area contributed by atoms with Crippen molar-refractivity contribution in [3.8, 4) is 11.1 Å². The van der Waals surface area contributed by atoms with Crippen LogP contribution >= 0.6 is 0 Å². The molecular formula is C29H30N2O6. The van der Waals surface area contributed by atoms with E-state index in [0.29, 0.717) is 5.56 Å². The fourth-order valence-electron chi connectivity index (χ4n) is 4.59. The number of methoxy groups -OCH3 is 1. The van der Waals surface area contributed by atoms with E-state index in [-0.39, 0.29) is 25.5 Å². The van der Waals surface area contributed by atoms with Gasteiger partial charge < -0.3 is 19.9 Å². The Kier molecular flexibility index (Phi) is 8.66. The number of amides is 1. The second-order valence-electron chi connectivity index (χ2n) is 8.72. The molecule has 192 valence electrons. The number of hydrogen-bond acceptors (Lipinski definition) is 7. The highest BCUT2D eigenvalue weighted by atomic mass is 16.5. The summed E-state index contributed by atoms with van der Waals surface area (Å²) in [5.74, 6) is -1.59. The minimum atomic E-state index is -1.08. The number of nitrogens with one attached hydrogen (secondary N) is 2. The maximum absolute atomic E-state index is 13.0. The van der Waals surface area contributed by atoms with Crippen LogP contribution < -0.4 is 10.6 Å². The van der Waals surface area contributed by atoms with Gasteiger partial charge in [-0.2, -0.15) is 0 Å². The summed E-state index contributed by atoms with van der Waals surface area (Å²) in [6, 6.07) is 23.0. The lowest BCUT2D eigenvalue weighted by atomic mass is 9.98. The van der Waals surface area contributed by atoms with E-state index in [1.165, 1.54) is 7.11 Å². The Hall–Kier alpha value is -4.01. The van der Waals surface area contributed by atoms with Gasteiger partial charge in [0.15, 0.2) is 0 Å². The number of aliphatic hydroxyl groups is 1. The number of aliphatic hydroxyl groups excluding tert-OH is 1. The summed E-state index contributed by atoms with van der Waals surface area (Å²) in [6.07, 6.45) is -0.0102. The maximum atomic E-state index is 13.0. The molecule has 2 atom stereocenters. The Morgan fingerprint density at radius 3 is 2.08 bits per heavy atom. The molecule has 0 heterocycles. The van der Waals surface area contributed by atoms with Crippen LogP contribution in [0.25, 0.3) is 11.1 Å². The third-order valence-electron chi connectivity index (χ3n) is 6.43. The average molecular weight is 503 g/mol. The van der Waals surface area contributed by atoms with Gasteiger partial charge in [-0.05, 0) is 27.8 Å². The second-order valence-corrected chi connectivity index (χ2v) is 8.72. The largest absolute Gasteiger partial charge is 0.468 e. The van der Waals surface area contributed by atoms with Crippen molar-refractivity contribution in [3.63, 3.8) is 0 Å². The molecule has 0 saturated heterocycles. The van der Waals surface area contributed by atoms with Crippen LogP contribution in [-0.2, 0) is 23.9 Å². The van der Waals surface area contributed by atoms with Crippen molar-refractivity contribution in [2.24, 2.45) is 0 Å². The zero-order valence-corrected chi connectivity index (χ0v) is 20.6. The molecule has 3 aromatic carbocycles. The minimum absolute atomic E-state index is 0.0102. The van der Waals surface area contributed by atoms with Crippen LogP contribution in [-0.4, -0.2) is 55.9 Å². The van der Waals surface area contributed by atoms with Gasteiger partial charge in [-0.15, -0.1) is 0 Å². The third-order valence-corrected chi connectivity index (χ3v) is 6.43. The van der Waals surface area contributed by atoms with Gasteiger partial charge in [0.25, 0.3) is 0 Å². The van der Waals surface area contributed by atoms with Crippen LogP contribution in [0, 0.1) is 0 Å². The molecule has 8 nitrogen and oxygen atoms in total. The van der Waals surface area contributed by atoms with Gasteiger partial charge in [0, 0.05) is 12.5 Å². The van der Waals surface area contributed by atoms with Gasteiger partial charge in [0.2, 0.25) is 5.91 Å². The predicted octanol–water partition coefficient (Wildman–Crippen LogP) is 2.71. The zero-order valence-electron chi connectivity index (χ0n) is 20.6. The predicted molar refractivity (Wildman–Crippen MR) is 138 cm³/mol. The van der Waals surface area contributed by atoms with E-state index in [4.69, 9.17) is 9.47 Å². The molecule has 1 amide bonds. The summed E-state index contributed by atoms with van der Waals surface area (Å²) in [6.45, 7) is -0.266. The van der Waals surface area contributed by atoms with Crippen LogP contribution in [0.3, 0.4) is 0 Å². The van der Waals surface area contributed by atoms with Gasteiger partial charge in [-0.1, -0.05) is 78.9 Å². The summed E-state index contributed by atoms with van der Waals surface area (Å²) in [4.78, 5) is 37.4. The molecule has 0 aromatic heterocycles. The highest BCUT2D eigenvalue weighted by Crippen LogP contribution is 2.44. The number of hydrogen-bond donors (Lipinski definition) is 3. The summed E-state index contributed by atoms with van der Waals surface area (Å²) in [5, 5.41) is 15.1. The molecule has 0 fully saturated rings. The third kappa shape index (κ3) is 6.04. The molecular weight excluding hydrogens is 472 g/mol. The molecule has 3 aromatic rings. The van der Waals surface area contributed by atoms with Crippen LogP contribution in [0.4, 0.5) is 0 Å². The molecule has 8 heteroatoms. The molecule has 4 rings (SSSR count). The topological polar surface area (TPSA) is 114 Å². The first-order chi connectivity index (χ1) is 18.0. The number of benzene rings is 3. The molecule has 0 bridgehead atoms. The first-order valence-electron chi connectivity index (χ1n) is 12.1. The van der Waals surface area contributed by atoms with Gasteiger partial charge in [-0.3, -0.25) is 19.7 Å². The molecule has 0 spiro atoms. The van der Waals surface area contributed by atoms with Crippen LogP contribution in [0.5, 0.6) is 0 Å². The summed E-state index contributed by atoms with van der Waals surface area (Å²) >= 11 is 0. The van der Waals surface area contributed by atoms with E-state index in [1.54, 1.807) is 30.3 Å². The molecule has 0 radical (unpaired) electrons. The molecule has 0 aliphatic heterocycles. The fraction of sp³-hybridized carbons (Fsp3) is 0.276. The van der Waals surface area contributed by atoms with Crippen molar-refractivity contribution in [2.45, 2.75) is 24.4 Å². The van der Waals surface area contributed by atoms with Crippen molar-refractivity contribution in [2.75, 3.05) is 26.9 Å². The van der Waals surface area contributed by atoms with E-state index >= 15 is 0 Å². The minimum Gasteiger partial charge on any atom is -0.468 e. The molecule has 1 aliphatic rings. The quantitative estimate of drug-likeness (QED) is 0.346. The van der Waals surface area contributed by atoms with E-state index in [2.05, 4.69) is 34.9 Å². The number of ether oxygens (including phenoxy) is 2. The lowest BCUT2D eigenvalue weighted by Crippen LogP contribution is -2.48. The maximum Gasteiger partial charge on any atom is 0.325 e. The molecule has 1 aliphatic carbocycles. The normalized spacial score (nSPS) is 13.7. The van der Waals surface area contributed by atoms with Crippen LogP contribution in [0.15, 0.2) is 78.9 Å². The fourth-order valence-corrected chi connectivity index (χ4v) is 4.59. The first kappa shape index (κ1) is 26.1. The van der Waals surface area contributed by atoms with E-state index in [9.17, 15) is 19.5 Å². The van der Waals surface area contributed by atoms with Crippen molar-refractivity contribution in [1.82, 2.24) is 10.6 Å². The van der Waals surface area contributed by atoms with Crippen molar-refractivity contribution >= 4 is 17.8 Å². The Labute approximate surface area is 215 Å². The summed E-state index contributed by atoms with van der Waals surface area (Å²) in [5.41, 5.74) is 5.16. The highest BCUT2D eigenvalue weighted by molar-refractivity contribution is 5.85. The Bertz CT molecular complexity index is 1200. The Morgan fingerprint density at radius 1 is 0.892 bits per heavy atom. The smallest absolute Gasteiger partial charge is 0.325 e. The zero-order chi connectivity index (χ0) is 26.2. The number of fused-ring (bicyclic) bond motifs is 3. The standard InChI is InChI=1S/C29H30N2O6/c1-36-29(35)25(17-32)31-27(19-9-3-2-4-10-19)28(34)30-16-15-26(33)37-18-24-22-13-7-5-11-20(22)21-12-6-8-14-23(21)24/h2-14,24-25,27,31-32H,15-18H2,1H3,(H,30,34)/t25-,27?/m0/s1. The van der Waals surface area contributed by atoms with E-state index in [0.717, 1.165) is 22.3 Å². The van der Waals surface area contributed by atoms with Gasteiger partial charge in [0.1, 0.15) is 18.7 Å². The molecule has 3 N–H and O–H groups in total. The van der Waals surface area contributed by atoms with Gasteiger partial charge >= 0.3 is 11.9 Å². The van der Waals surface area contributed by atoms with Gasteiger partial charge in [0.05, 0.1) is 20.1 Å². The lowest BCUT2D eigenvalue weighted by molar-refractivity contribution is -0.145. The monoisotopic (exact) mass is 502 g/mol. The van der Waals surface area contributed by atoms with E-state index < -0.39 is 36.5 Å². The summed E-state index contributed by atoms with van der Waals surface area (Å²) < 4.78 is 10.3. The van der Waals surface area contributed by atoms with Crippen molar-refractivity contribution in [1.29, 1.82) is 0 Å². The van der Waals surface area contributed by atoms with Crippen LogP contribution in [0.2, 0.25) is 0 Å². The Balaban J connectivity index is 1.33. The SMILES string of the molecule is COC(=O)[C@H](CO)NC(C(=O)NCCC(=O)OCC1c2ccccc2-c2ccccc21)c1ccccc1. The average Bonchev–Trinajstić information content (AvgIpc) is 3.26. The highest BCUT2D eigenvalue weighted by Gasteiger charge is 2.30. The lowest BCUT2D eigenvalue weighted by Gasteiger charge is -2.23. The molecule has 0 saturated carbocycles. The summed E-state index contributed by atoms with van der Waals surface area (Å²) in [7, 11) is 1.21. The molecule has 1 unspecified atom stereocenters. The Morgan fingerprint density at radius 2 is 1.49 bits per heavy atom. The van der Waals surface area contributed by atoms with Crippen molar-refractivity contribution < 1.29 is 29.0 Å². The number of rotatable bonds is 11. The second kappa shape index (κ2) is 12.3. The molecule has 37 heavy (non-hydrogen) atoms. The number of carbonyl (C=O) groups is 3. The van der Waals surface area contributed by atoms with Crippen molar-refractivity contribution in [3.05, 3.63) is 95.6 Å². The van der Waals surface area contributed by atoms with Gasteiger partial charge in [-0.25, -0.2) is 0 Å².